The number of hydrogen-bond acceptors (Lipinski definition) is 4. The van der Waals surface area contributed by atoms with E-state index in [1.807, 2.05) is 0 Å². The van der Waals surface area contributed by atoms with E-state index in [4.69, 9.17) is 0 Å². The smallest absolute Gasteiger partial charge is 0.385 e. The van der Waals surface area contributed by atoms with E-state index in [2.05, 4.69) is 20.6 Å². The van der Waals surface area contributed by atoms with Crippen molar-refractivity contribution in [3.05, 3.63) is 59.9 Å². The van der Waals surface area contributed by atoms with E-state index in [9.17, 15) is 27.2 Å². The van der Waals surface area contributed by atoms with Gasteiger partial charge in [-0.05, 0) is 42.5 Å². The lowest BCUT2D eigenvalue weighted by Crippen LogP contribution is -2.18. The first-order valence-corrected chi connectivity index (χ1v) is 7.43. The molecule has 0 spiro atoms. The van der Waals surface area contributed by atoms with E-state index >= 15 is 0 Å². The standard InChI is InChI=1S/C17H13F4N3O3/c18-12-4-6-13(7-5-12)23-16(26)10-27-22-9-15(25)24-14-3-1-2-11(8-14)17(19,20)21/h1-9H,10H2,(H,23,26)(H,24,25)/b22-9+. The Hall–Kier alpha value is -3.43. The summed E-state index contributed by atoms with van der Waals surface area (Å²) in [6.45, 7) is -0.523. The normalized spacial score (nSPS) is 11.3. The number of amides is 2. The molecule has 2 amide bonds. The molecule has 0 heterocycles. The van der Waals surface area contributed by atoms with Crippen molar-refractivity contribution in [1.29, 1.82) is 0 Å². The fraction of sp³-hybridized carbons (Fsp3) is 0.118. The number of alkyl halides is 3. The summed E-state index contributed by atoms with van der Waals surface area (Å²) in [5.74, 6) is -1.90. The lowest BCUT2D eigenvalue weighted by Gasteiger charge is -2.08. The van der Waals surface area contributed by atoms with Crippen molar-refractivity contribution < 1.29 is 32.0 Å². The third-order valence-corrected chi connectivity index (χ3v) is 3.03. The van der Waals surface area contributed by atoms with E-state index in [-0.39, 0.29) is 5.69 Å². The molecule has 2 rings (SSSR count). The Labute approximate surface area is 150 Å². The molecule has 0 aliphatic carbocycles. The first kappa shape index (κ1) is 19.9. The van der Waals surface area contributed by atoms with Crippen molar-refractivity contribution in [2.75, 3.05) is 17.2 Å². The lowest BCUT2D eigenvalue weighted by atomic mass is 10.2. The summed E-state index contributed by atoms with van der Waals surface area (Å²) in [6, 6.07) is 9.07. The maximum atomic E-state index is 12.7. The molecule has 0 saturated carbocycles. The summed E-state index contributed by atoms with van der Waals surface area (Å²) in [4.78, 5) is 27.8. The van der Waals surface area contributed by atoms with Gasteiger partial charge in [-0.1, -0.05) is 11.2 Å². The number of hydrogen-bond donors (Lipinski definition) is 2. The van der Waals surface area contributed by atoms with Gasteiger partial charge in [-0.25, -0.2) is 4.39 Å². The van der Waals surface area contributed by atoms with Crippen molar-refractivity contribution in [3.8, 4) is 0 Å². The SMILES string of the molecule is O=C(/C=N/OCC(=O)Nc1ccc(F)cc1)Nc1cccc(C(F)(F)F)c1. The van der Waals surface area contributed by atoms with Gasteiger partial charge in [-0.3, -0.25) is 9.59 Å². The molecule has 0 radical (unpaired) electrons. The number of carbonyl (C=O) groups is 2. The van der Waals surface area contributed by atoms with E-state index in [1.54, 1.807) is 0 Å². The summed E-state index contributed by atoms with van der Waals surface area (Å²) in [5, 5.41) is 7.84. The molecule has 10 heteroatoms. The van der Waals surface area contributed by atoms with Crippen LogP contribution in [0.5, 0.6) is 0 Å². The summed E-state index contributed by atoms with van der Waals surface area (Å²) in [5.41, 5.74) is -0.641. The topological polar surface area (TPSA) is 79.8 Å². The predicted octanol–water partition coefficient (Wildman–Crippen LogP) is 3.42. The van der Waals surface area contributed by atoms with Gasteiger partial charge in [0.15, 0.2) is 6.61 Å². The van der Waals surface area contributed by atoms with Gasteiger partial charge < -0.3 is 15.5 Å². The van der Waals surface area contributed by atoms with Crippen LogP contribution in [0.4, 0.5) is 28.9 Å². The number of anilines is 2. The van der Waals surface area contributed by atoms with E-state index < -0.39 is 36.0 Å². The first-order valence-electron chi connectivity index (χ1n) is 7.43. The molecule has 0 bridgehead atoms. The molecule has 27 heavy (non-hydrogen) atoms. The number of oxime groups is 1. The van der Waals surface area contributed by atoms with Crippen LogP contribution in [-0.4, -0.2) is 24.6 Å². The minimum absolute atomic E-state index is 0.0738. The van der Waals surface area contributed by atoms with Crippen LogP contribution in [0.3, 0.4) is 0 Å². The molecule has 0 unspecified atom stereocenters. The van der Waals surface area contributed by atoms with Crippen LogP contribution in [0.1, 0.15) is 5.56 Å². The van der Waals surface area contributed by atoms with Crippen LogP contribution >= 0.6 is 0 Å². The minimum atomic E-state index is -4.53. The first-order chi connectivity index (χ1) is 12.7. The number of nitrogens with one attached hydrogen (secondary N) is 2. The maximum absolute atomic E-state index is 12.7. The molecule has 2 aromatic carbocycles. The number of halogens is 4. The zero-order valence-corrected chi connectivity index (χ0v) is 13.6. The molecule has 0 aliphatic rings. The zero-order chi connectivity index (χ0) is 19.9. The van der Waals surface area contributed by atoms with Crippen LogP contribution in [0, 0.1) is 5.82 Å². The largest absolute Gasteiger partial charge is 0.416 e. The fourth-order valence-corrected chi connectivity index (χ4v) is 1.86. The van der Waals surface area contributed by atoms with Crippen LogP contribution in [0.15, 0.2) is 53.7 Å². The van der Waals surface area contributed by atoms with Crippen molar-refractivity contribution >= 4 is 29.4 Å². The number of benzene rings is 2. The van der Waals surface area contributed by atoms with Crippen molar-refractivity contribution in [3.63, 3.8) is 0 Å². The third-order valence-electron chi connectivity index (χ3n) is 3.03. The van der Waals surface area contributed by atoms with E-state index in [0.29, 0.717) is 11.9 Å². The Balaban J connectivity index is 1.78. The molecule has 2 aromatic rings. The van der Waals surface area contributed by atoms with Crippen LogP contribution in [0.25, 0.3) is 0 Å². The van der Waals surface area contributed by atoms with Gasteiger partial charge >= 0.3 is 6.18 Å². The van der Waals surface area contributed by atoms with Gasteiger partial charge in [0, 0.05) is 11.4 Å². The summed E-state index contributed by atoms with van der Waals surface area (Å²) >= 11 is 0. The third kappa shape index (κ3) is 6.77. The monoisotopic (exact) mass is 383 g/mol. The Morgan fingerprint density at radius 1 is 1.04 bits per heavy atom. The fourth-order valence-electron chi connectivity index (χ4n) is 1.86. The Morgan fingerprint density at radius 2 is 1.74 bits per heavy atom. The molecule has 0 saturated heterocycles. The van der Waals surface area contributed by atoms with Crippen LogP contribution < -0.4 is 10.6 Å². The van der Waals surface area contributed by atoms with Gasteiger partial charge in [-0.15, -0.1) is 0 Å². The maximum Gasteiger partial charge on any atom is 0.416 e. The molecule has 6 nitrogen and oxygen atoms in total. The van der Waals surface area contributed by atoms with Gasteiger partial charge in [0.2, 0.25) is 0 Å². The summed E-state index contributed by atoms with van der Waals surface area (Å²) in [6.07, 6.45) is -3.86. The highest BCUT2D eigenvalue weighted by Crippen LogP contribution is 2.30. The summed E-state index contributed by atoms with van der Waals surface area (Å²) < 4.78 is 50.5. The van der Waals surface area contributed by atoms with E-state index in [0.717, 1.165) is 30.3 Å². The number of carbonyl (C=O) groups excluding carboxylic acids is 2. The van der Waals surface area contributed by atoms with Gasteiger partial charge in [0.1, 0.15) is 12.0 Å². The van der Waals surface area contributed by atoms with Crippen LogP contribution in [0.2, 0.25) is 0 Å². The Kier molecular flexibility index (Phi) is 6.47. The molecule has 0 fully saturated rings. The van der Waals surface area contributed by atoms with Crippen molar-refractivity contribution in [2.24, 2.45) is 5.16 Å². The Bertz CT molecular complexity index is 836. The van der Waals surface area contributed by atoms with Crippen LogP contribution in [-0.2, 0) is 20.6 Å². The average molecular weight is 383 g/mol. The molecule has 0 aliphatic heterocycles. The van der Waals surface area contributed by atoms with E-state index in [1.165, 1.54) is 18.2 Å². The highest BCUT2D eigenvalue weighted by atomic mass is 19.4. The quantitative estimate of drug-likeness (QED) is 0.456. The second-order valence-electron chi connectivity index (χ2n) is 5.13. The molecule has 0 atom stereocenters. The molecule has 0 aromatic heterocycles. The molecule has 2 N–H and O–H groups in total. The zero-order valence-electron chi connectivity index (χ0n) is 13.6. The molecular weight excluding hydrogens is 370 g/mol. The Morgan fingerprint density at radius 3 is 2.41 bits per heavy atom. The molecule has 142 valence electrons. The highest BCUT2D eigenvalue weighted by molar-refractivity contribution is 6.31. The van der Waals surface area contributed by atoms with Gasteiger partial charge in [0.05, 0.1) is 5.56 Å². The summed E-state index contributed by atoms with van der Waals surface area (Å²) in [7, 11) is 0. The predicted molar refractivity (Wildman–Crippen MR) is 89.5 cm³/mol. The van der Waals surface area contributed by atoms with Gasteiger partial charge in [-0.2, -0.15) is 13.2 Å². The van der Waals surface area contributed by atoms with Gasteiger partial charge in [0.25, 0.3) is 11.8 Å². The minimum Gasteiger partial charge on any atom is -0.385 e. The van der Waals surface area contributed by atoms with Crippen molar-refractivity contribution in [1.82, 2.24) is 0 Å². The highest BCUT2D eigenvalue weighted by Gasteiger charge is 2.30. The average Bonchev–Trinajstić information content (AvgIpc) is 2.60. The number of rotatable bonds is 6. The lowest BCUT2D eigenvalue weighted by molar-refractivity contribution is -0.137. The van der Waals surface area contributed by atoms with Crippen molar-refractivity contribution in [2.45, 2.75) is 6.18 Å². The second kappa shape index (κ2) is 8.79. The number of nitrogens with zero attached hydrogens (tertiary/aromatic N) is 1. The molecular formula is C17H13F4N3O3. The second-order valence-corrected chi connectivity index (χ2v) is 5.13.